The lowest BCUT2D eigenvalue weighted by atomic mass is 9.81. The van der Waals surface area contributed by atoms with E-state index in [0.29, 0.717) is 6.54 Å². The zero-order chi connectivity index (χ0) is 19.4. The van der Waals surface area contributed by atoms with E-state index < -0.39 is 0 Å². The number of fused-ring (bicyclic) bond motifs is 1. The molecule has 1 saturated carbocycles. The van der Waals surface area contributed by atoms with Crippen molar-refractivity contribution >= 4 is 17.7 Å². The largest absolute Gasteiger partial charge is 0.350 e. The quantitative estimate of drug-likeness (QED) is 0.687. The summed E-state index contributed by atoms with van der Waals surface area (Å²) in [5.74, 6) is -0.550. The second kappa shape index (κ2) is 8.65. The Kier molecular flexibility index (Phi) is 6.26. The molecule has 3 amide bonds. The molecule has 6 nitrogen and oxygen atoms in total. The highest BCUT2D eigenvalue weighted by Crippen LogP contribution is 2.37. The average molecular weight is 372 g/mol. The number of likely N-dealkylation sites (tertiary alicyclic amines) is 1. The molecule has 0 spiro atoms. The number of carbonyl (C=O) groups excluding carboxylic acids is 3. The second-order valence-electron chi connectivity index (χ2n) is 7.92. The number of nitrogens with zero attached hydrogens (tertiary/aromatic N) is 1. The molecule has 3 rings (SSSR count). The van der Waals surface area contributed by atoms with E-state index in [9.17, 15) is 14.4 Å². The highest BCUT2D eigenvalue weighted by Gasteiger charge is 2.47. The first kappa shape index (κ1) is 19.5. The molecular weight excluding hydrogens is 342 g/mol. The lowest BCUT2D eigenvalue weighted by Crippen LogP contribution is -3.07. The molecule has 1 aliphatic carbocycles. The van der Waals surface area contributed by atoms with E-state index in [1.165, 1.54) is 15.4 Å². The summed E-state index contributed by atoms with van der Waals surface area (Å²) in [6.07, 6.45) is 3.82. The molecule has 0 unspecified atom stereocenters. The van der Waals surface area contributed by atoms with Gasteiger partial charge in [0.25, 0.3) is 0 Å². The minimum absolute atomic E-state index is 0.0719. The molecular formula is C21H30N3O3+. The van der Waals surface area contributed by atoms with Gasteiger partial charge in [-0.3, -0.25) is 19.3 Å². The van der Waals surface area contributed by atoms with Gasteiger partial charge in [-0.15, -0.1) is 0 Å². The number of amides is 3. The topological polar surface area (TPSA) is 70.9 Å². The number of nitrogens with one attached hydrogen (secondary N) is 2. The van der Waals surface area contributed by atoms with Gasteiger partial charge in [-0.2, -0.15) is 0 Å². The van der Waals surface area contributed by atoms with Gasteiger partial charge in [-0.1, -0.05) is 43.2 Å². The molecule has 1 aromatic carbocycles. The van der Waals surface area contributed by atoms with Crippen LogP contribution in [0.15, 0.2) is 30.3 Å². The Hall–Kier alpha value is -2.21. The van der Waals surface area contributed by atoms with Crippen LogP contribution in [0.1, 0.15) is 43.7 Å². The van der Waals surface area contributed by atoms with E-state index in [-0.39, 0.29) is 48.6 Å². The van der Waals surface area contributed by atoms with Crippen molar-refractivity contribution in [3.8, 4) is 0 Å². The summed E-state index contributed by atoms with van der Waals surface area (Å²) in [5.41, 5.74) is 1.17. The van der Waals surface area contributed by atoms with E-state index >= 15 is 0 Å². The van der Waals surface area contributed by atoms with Crippen LogP contribution in [0.2, 0.25) is 0 Å². The van der Waals surface area contributed by atoms with Crippen LogP contribution >= 0.6 is 0 Å². The van der Waals surface area contributed by atoms with Crippen molar-refractivity contribution in [2.24, 2.45) is 11.8 Å². The Morgan fingerprint density at radius 3 is 2.26 bits per heavy atom. The van der Waals surface area contributed by atoms with Gasteiger partial charge in [-0.25, -0.2) is 0 Å². The molecule has 0 radical (unpaired) electrons. The van der Waals surface area contributed by atoms with Gasteiger partial charge < -0.3 is 10.2 Å². The molecule has 2 aliphatic rings. The third-order valence-corrected chi connectivity index (χ3v) is 5.90. The van der Waals surface area contributed by atoms with Gasteiger partial charge >= 0.3 is 0 Å². The van der Waals surface area contributed by atoms with Gasteiger partial charge in [0.1, 0.15) is 6.04 Å². The van der Waals surface area contributed by atoms with Crippen molar-refractivity contribution < 1.29 is 19.3 Å². The van der Waals surface area contributed by atoms with E-state index in [2.05, 4.69) is 31.5 Å². The van der Waals surface area contributed by atoms with Crippen molar-refractivity contribution in [2.75, 3.05) is 27.2 Å². The number of likely N-dealkylation sites (N-methyl/N-ethyl adjacent to an activating group) is 1. The first-order chi connectivity index (χ1) is 13.0. The summed E-state index contributed by atoms with van der Waals surface area (Å²) >= 11 is 0. The maximum atomic E-state index is 12.5. The summed E-state index contributed by atoms with van der Waals surface area (Å²) in [4.78, 5) is 39.8. The molecule has 27 heavy (non-hydrogen) atoms. The molecule has 3 atom stereocenters. The average Bonchev–Trinajstić information content (AvgIpc) is 2.91. The SMILES string of the molecule is C[NH+](C)[C@@H](CNC(=O)CCN1C(=O)[C@H]2CCCC[C@@H]2C1=O)c1ccccc1. The van der Waals surface area contributed by atoms with Crippen molar-refractivity contribution in [3.05, 3.63) is 35.9 Å². The van der Waals surface area contributed by atoms with Crippen molar-refractivity contribution in [1.29, 1.82) is 0 Å². The molecule has 2 N–H and O–H groups in total. The van der Waals surface area contributed by atoms with Gasteiger partial charge in [0, 0.05) is 18.5 Å². The zero-order valence-corrected chi connectivity index (χ0v) is 16.2. The molecule has 1 aromatic rings. The zero-order valence-electron chi connectivity index (χ0n) is 16.2. The molecule has 1 heterocycles. The van der Waals surface area contributed by atoms with Crippen molar-refractivity contribution in [2.45, 2.75) is 38.1 Å². The molecule has 146 valence electrons. The fraction of sp³-hybridized carbons (Fsp3) is 0.571. The lowest BCUT2D eigenvalue weighted by Gasteiger charge is -2.22. The third kappa shape index (κ3) is 4.38. The van der Waals surface area contributed by atoms with Crippen molar-refractivity contribution in [3.63, 3.8) is 0 Å². The third-order valence-electron chi connectivity index (χ3n) is 5.90. The summed E-state index contributed by atoms with van der Waals surface area (Å²) < 4.78 is 0. The summed E-state index contributed by atoms with van der Waals surface area (Å²) in [6.45, 7) is 0.722. The van der Waals surface area contributed by atoms with Crippen LogP contribution in [-0.4, -0.2) is 49.8 Å². The Labute approximate surface area is 160 Å². The fourth-order valence-electron chi connectivity index (χ4n) is 4.31. The summed E-state index contributed by atoms with van der Waals surface area (Å²) in [5, 5.41) is 2.97. The highest BCUT2D eigenvalue weighted by atomic mass is 16.2. The Balaban J connectivity index is 1.51. The molecule has 0 bridgehead atoms. The van der Waals surface area contributed by atoms with Gasteiger partial charge in [-0.05, 0) is 12.8 Å². The highest BCUT2D eigenvalue weighted by molar-refractivity contribution is 6.05. The maximum Gasteiger partial charge on any atom is 0.233 e. The number of quaternary nitrogens is 1. The normalized spacial score (nSPS) is 23.4. The number of carbonyl (C=O) groups is 3. The van der Waals surface area contributed by atoms with E-state index in [1.54, 1.807) is 0 Å². The number of hydrogen-bond donors (Lipinski definition) is 2. The predicted molar refractivity (Wildman–Crippen MR) is 102 cm³/mol. The van der Waals surface area contributed by atoms with Crippen LogP contribution in [0, 0.1) is 11.8 Å². The standard InChI is InChI=1S/C21H29N3O3/c1-23(2)18(15-8-4-3-5-9-15)14-22-19(25)12-13-24-20(26)16-10-6-7-11-17(16)21(24)27/h3-5,8-9,16-18H,6-7,10-14H2,1-2H3,(H,22,25)/p+1/t16-,17-,18-/m0/s1. The van der Waals surface area contributed by atoms with Gasteiger partial charge in [0.15, 0.2) is 0 Å². The van der Waals surface area contributed by atoms with Crippen LogP contribution in [0.25, 0.3) is 0 Å². The van der Waals surface area contributed by atoms with Crippen LogP contribution in [-0.2, 0) is 14.4 Å². The van der Waals surface area contributed by atoms with Crippen LogP contribution in [0.4, 0.5) is 0 Å². The monoisotopic (exact) mass is 372 g/mol. The first-order valence-corrected chi connectivity index (χ1v) is 9.96. The lowest BCUT2D eigenvalue weighted by molar-refractivity contribution is -0.890. The van der Waals surface area contributed by atoms with E-state index in [4.69, 9.17) is 0 Å². The Morgan fingerprint density at radius 1 is 1.11 bits per heavy atom. The fourth-order valence-corrected chi connectivity index (χ4v) is 4.31. The molecule has 1 saturated heterocycles. The molecule has 6 heteroatoms. The van der Waals surface area contributed by atoms with Gasteiger partial charge in [0.05, 0.1) is 32.5 Å². The Morgan fingerprint density at radius 2 is 1.70 bits per heavy atom. The van der Waals surface area contributed by atoms with Crippen molar-refractivity contribution in [1.82, 2.24) is 10.2 Å². The second-order valence-corrected chi connectivity index (χ2v) is 7.92. The first-order valence-electron chi connectivity index (χ1n) is 9.96. The number of rotatable bonds is 7. The van der Waals surface area contributed by atoms with Crippen LogP contribution in [0.3, 0.4) is 0 Å². The van der Waals surface area contributed by atoms with Crippen LogP contribution in [0.5, 0.6) is 0 Å². The molecule has 2 fully saturated rings. The molecule has 0 aromatic heterocycles. The smallest absolute Gasteiger partial charge is 0.233 e. The minimum atomic E-state index is -0.144. The molecule has 1 aliphatic heterocycles. The summed E-state index contributed by atoms with van der Waals surface area (Å²) in [6, 6.07) is 10.3. The summed E-state index contributed by atoms with van der Waals surface area (Å²) in [7, 11) is 4.13. The van der Waals surface area contributed by atoms with E-state index in [1.807, 2.05) is 18.2 Å². The van der Waals surface area contributed by atoms with E-state index in [0.717, 1.165) is 25.7 Å². The Bertz CT molecular complexity index is 665. The van der Waals surface area contributed by atoms with Gasteiger partial charge in [0.2, 0.25) is 17.7 Å². The number of benzene rings is 1. The number of imide groups is 1. The minimum Gasteiger partial charge on any atom is -0.350 e. The predicted octanol–water partition coefficient (Wildman–Crippen LogP) is 0.554. The maximum absolute atomic E-state index is 12.5. The van der Waals surface area contributed by atoms with Crippen LogP contribution < -0.4 is 10.2 Å². The number of hydrogen-bond acceptors (Lipinski definition) is 3.